The van der Waals surface area contributed by atoms with Gasteiger partial charge in [-0.25, -0.2) is 5.01 Å². The van der Waals surface area contributed by atoms with Crippen LogP contribution in [-0.4, -0.2) is 50.3 Å². The van der Waals surface area contributed by atoms with Crippen LogP contribution < -0.4 is 10.7 Å². The first-order chi connectivity index (χ1) is 7.71. The quantitative estimate of drug-likeness (QED) is 0.682. The van der Waals surface area contributed by atoms with Crippen LogP contribution in [0.5, 0.6) is 0 Å². The van der Waals surface area contributed by atoms with Gasteiger partial charge in [0.2, 0.25) is 5.91 Å². The zero-order valence-corrected chi connectivity index (χ0v) is 9.92. The van der Waals surface area contributed by atoms with Crippen LogP contribution in [0.25, 0.3) is 0 Å². The maximum absolute atomic E-state index is 12.2. The number of nitrogens with zero attached hydrogens (tertiary/aromatic N) is 1. The smallest absolute Gasteiger partial charge is 0.240 e. The molecule has 2 fully saturated rings. The fourth-order valence-corrected chi connectivity index (χ4v) is 2.16. The molecule has 0 unspecified atom stereocenters. The number of carbonyl (C=O) groups excluding carboxylic acids is 1. The van der Waals surface area contributed by atoms with Crippen molar-refractivity contribution >= 4 is 5.91 Å². The number of piperidine rings is 1. The van der Waals surface area contributed by atoms with E-state index < -0.39 is 0 Å². The monoisotopic (exact) mass is 227 g/mol. The molecule has 0 aliphatic carbocycles. The minimum absolute atomic E-state index is 0.163. The van der Waals surface area contributed by atoms with E-state index >= 15 is 0 Å². The summed E-state index contributed by atoms with van der Waals surface area (Å²) in [5, 5.41) is 5.26. The molecule has 2 saturated heterocycles. The highest BCUT2D eigenvalue weighted by molar-refractivity contribution is 5.81. The number of hydrazine groups is 1. The third-order valence-corrected chi connectivity index (χ3v) is 3.53. The molecular weight excluding hydrogens is 206 g/mol. The van der Waals surface area contributed by atoms with E-state index in [1.165, 1.54) is 0 Å². The predicted octanol–water partition coefficient (Wildman–Crippen LogP) is -0.260. The normalized spacial score (nSPS) is 26.3. The van der Waals surface area contributed by atoms with E-state index in [1.54, 1.807) is 0 Å². The van der Waals surface area contributed by atoms with Crippen molar-refractivity contribution in [1.29, 1.82) is 0 Å². The number of amides is 1. The van der Waals surface area contributed by atoms with E-state index in [9.17, 15) is 4.79 Å². The van der Waals surface area contributed by atoms with Crippen molar-refractivity contribution in [3.8, 4) is 0 Å². The molecule has 2 N–H and O–H groups in total. The number of hydrogen-bond donors (Lipinski definition) is 2. The minimum atomic E-state index is -0.205. The zero-order valence-electron chi connectivity index (χ0n) is 9.92. The predicted molar refractivity (Wildman–Crippen MR) is 60.7 cm³/mol. The molecule has 2 aliphatic rings. The van der Waals surface area contributed by atoms with Crippen LogP contribution in [0.4, 0.5) is 0 Å². The van der Waals surface area contributed by atoms with E-state index in [-0.39, 0.29) is 11.3 Å². The van der Waals surface area contributed by atoms with Crippen LogP contribution in [0.15, 0.2) is 0 Å². The molecule has 2 rings (SSSR count). The lowest BCUT2D eigenvalue weighted by atomic mass is 9.80. The Labute approximate surface area is 96.5 Å². The fraction of sp³-hybridized carbons (Fsp3) is 0.909. The molecule has 0 atom stereocenters. The van der Waals surface area contributed by atoms with Gasteiger partial charge in [0, 0.05) is 13.1 Å². The zero-order chi connectivity index (χ0) is 11.4. The first-order valence-corrected chi connectivity index (χ1v) is 6.05. The van der Waals surface area contributed by atoms with Crippen molar-refractivity contribution in [1.82, 2.24) is 15.8 Å². The molecule has 0 aromatic heterocycles. The lowest BCUT2D eigenvalue weighted by Gasteiger charge is -2.36. The van der Waals surface area contributed by atoms with Crippen LogP contribution in [0.1, 0.15) is 19.8 Å². The van der Waals surface area contributed by atoms with Crippen LogP contribution >= 0.6 is 0 Å². The van der Waals surface area contributed by atoms with Gasteiger partial charge in [0.1, 0.15) is 0 Å². The van der Waals surface area contributed by atoms with Crippen LogP contribution in [-0.2, 0) is 9.53 Å². The summed E-state index contributed by atoms with van der Waals surface area (Å²) >= 11 is 0. The molecule has 2 aliphatic heterocycles. The highest BCUT2D eigenvalue weighted by atomic mass is 16.5. The van der Waals surface area contributed by atoms with Gasteiger partial charge in [-0.15, -0.1) is 0 Å². The van der Waals surface area contributed by atoms with E-state index in [1.807, 2.05) is 5.01 Å². The second-order valence-electron chi connectivity index (χ2n) is 4.85. The van der Waals surface area contributed by atoms with E-state index in [2.05, 4.69) is 17.7 Å². The Morgan fingerprint density at radius 2 is 1.94 bits per heavy atom. The molecule has 2 heterocycles. The average molecular weight is 227 g/mol. The average Bonchev–Trinajstić information content (AvgIpc) is 2.31. The van der Waals surface area contributed by atoms with Crippen molar-refractivity contribution in [2.45, 2.75) is 19.8 Å². The largest absolute Gasteiger partial charge is 0.379 e. The number of hydrogen-bond acceptors (Lipinski definition) is 4. The van der Waals surface area contributed by atoms with E-state index in [0.717, 1.165) is 39.0 Å². The van der Waals surface area contributed by atoms with Gasteiger partial charge >= 0.3 is 0 Å². The number of ether oxygens (including phenoxy) is 1. The SMILES string of the molecule is CC1(C(=O)NN2CCOCC2)CCNCC1. The molecule has 5 heteroatoms. The first kappa shape index (κ1) is 11.8. The van der Waals surface area contributed by atoms with E-state index in [0.29, 0.717) is 13.2 Å². The maximum atomic E-state index is 12.2. The molecule has 0 aromatic rings. The topological polar surface area (TPSA) is 53.6 Å². The Bertz CT molecular complexity index is 246. The number of morpholine rings is 1. The highest BCUT2D eigenvalue weighted by Gasteiger charge is 2.35. The molecule has 0 aromatic carbocycles. The van der Waals surface area contributed by atoms with Gasteiger partial charge in [0.15, 0.2) is 0 Å². The van der Waals surface area contributed by atoms with Gasteiger partial charge in [-0.2, -0.15) is 0 Å². The van der Waals surface area contributed by atoms with Gasteiger partial charge in [-0.05, 0) is 25.9 Å². The Balaban J connectivity index is 1.85. The van der Waals surface area contributed by atoms with Gasteiger partial charge < -0.3 is 10.1 Å². The molecule has 0 saturated carbocycles. The van der Waals surface area contributed by atoms with Crippen molar-refractivity contribution in [3.63, 3.8) is 0 Å². The van der Waals surface area contributed by atoms with Gasteiger partial charge in [-0.1, -0.05) is 6.92 Å². The molecule has 0 bridgehead atoms. The Hall–Kier alpha value is -0.650. The van der Waals surface area contributed by atoms with Crippen LogP contribution in [0.3, 0.4) is 0 Å². The first-order valence-electron chi connectivity index (χ1n) is 6.05. The van der Waals surface area contributed by atoms with Crippen molar-refractivity contribution in [3.05, 3.63) is 0 Å². The third-order valence-electron chi connectivity index (χ3n) is 3.53. The summed E-state index contributed by atoms with van der Waals surface area (Å²) in [6.45, 7) is 6.93. The van der Waals surface area contributed by atoms with Crippen molar-refractivity contribution < 1.29 is 9.53 Å². The lowest BCUT2D eigenvalue weighted by Crippen LogP contribution is -2.54. The summed E-state index contributed by atoms with van der Waals surface area (Å²) < 4.78 is 5.25. The summed E-state index contributed by atoms with van der Waals surface area (Å²) in [6.07, 6.45) is 1.84. The Morgan fingerprint density at radius 1 is 1.31 bits per heavy atom. The third kappa shape index (κ3) is 2.72. The summed E-state index contributed by atoms with van der Waals surface area (Å²) in [6, 6.07) is 0. The summed E-state index contributed by atoms with van der Waals surface area (Å²) in [4.78, 5) is 12.2. The Kier molecular flexibility index (Phi) is 3.78. The number of carbonyl (C=O) groups is 1. The lowest BCUT2D eigenvalue weighted by molar-refractivity contribution is -0.138. The van der Waals surface area contributed by atoms with Crippen molar-refractivity contribution in [2.24, 2.45) is 5.41 Å². The molecule has 1 amide bonds. The highest BCUT2D eigenvalue weighted by Crippen LogP contribution is 2.27. The summed E-state index contributed by atoms with van der Waals surface area (Å²) in [5.74, 6) is 0.163. The maximum Gasteiger partial charge on any atom is 0.240 e. The second-order valence-corrected chi connectivity index (χ2v) is 4.85. The molecule has 16 heavy (non-hydrogen) atoms. The minimum Gasteiger partial charge on any atom is -0.379 e. The number of nitrogens with one attached hydrogen (secondary N) is 2. The molecule has 5 nitrogen and oxygen atoms in total. The summed E-state index contributed by atoms with van der Waals surface area (Å²) in [7, 11) is 0. The molecule has 0 radical (unpaired) electrons. The molecular formula is C11H21N3O2. The van der Waals surface area contributed by atoms with Crippen molar-refractivity contribution in [2.75, 3.05) is 39.4 Å². The van der Waals surface area contributed by atoms with E-state index in [4.69, 9.17) is 4.74 Å². The fourth-order valence-electron chi connectivity index (χ4n) is 2.16. The van der Waals surface area contributed by atoms with Gasteiger partial charge in [0.25, 0.3) is 0 Å². The van der Waals surface area contributed by atoms with Crippen LogP contribution in [0, 0.1) is 5.41 Å². The molecule has 0 spiro atoms. The Morgan fingerprint density at radius 3 is 2.56 bits per heavy atom. The molecule has 92 valence electrons. The van der Waals surface area contributed by atoms with Gasteiger partial charge in [-0.3, -0.25) is 10.2 Å². The number of rotatable bonds is 2. The van der Waals surface area contributed by atoms with Gasteiger partial charge in [0.05, 0.1) is 18.6 Å². The van der Waals surface area contributed by atoms with Crippen LogP contribution in [0.2, 0.25) is 0 Å². The second kappa shape index (κ2) is 5.12. The summed E-state index contributed by atoms with van der Waals surface area (Å²) in [5.41, 5.74) is 2.81. The standard InChI is InChI=1S/C11H21N3O2/c1-11(2-4-12-5-3-11)10(15)13-14-6-8-16-9-7-14/h12H,2-9H2,1H3,(H,13,15).